The minimum atomic E-state index is -0.824. The van der Waals surface area contributed by atoms with Crippen LogP contribution in [-0.2, 0) is 16.0 Å². The maximum absolute atomic E-state index is 11.6. The summed E-state index contributed by atoms with van der Waals surface area (Å²) in [5.74, 6) is 0.280. The van der Waals surface area contributed by atoms with Crippen molar-refractivity contribution in [3.63, 3.8) is 0 Å². The number of hydrogen-bond acceptors (Lipinski definition) is 6. The monoisotopic (exact) mass is 307 g/mol. The third-order valence-electron chi connectivity index (χ3n) is 2.92. The van der Waals surface area contributed by atoms with Crippen molar-refractivity contribution in [1.29, 1.82) is 0 Å². The molecule has 0 unspecified atom stereocenters. The molecule has 0 aromatic carbocycles. The maximum atomic E-state index is 11.6. The van der Waals surface area contributed by atoms with Gasteiger partial charge in [0, 0.05) is 25.8 Å². The SMILES string of the molecule is O=C(O)CCCCNC(=O)CCc1nc(-c2ccco2)no1. The molecule has 1 amide bonds. The third-order valence-corrected chi connectivity index (χ3v) is 2.92. The Bertz CT molecular complexity index is 606. The van der Waals surface area contributed by atoms with Crippen LogP contribution in [-0.4, -0.2) is 33.7 Å². The Morgan fingerprint density at radius 1 is 1.27 bits per heavy atom. The number of carbonyl (C=O) groups excluding carboxylic acids is 1. The van der Waals surface area contributed by atoms with Crippen LogP contribution in [0, 0.1) is 0 Å². The molecule has 8 nitrogen and oxygen atoms in total. The Hall–Kier alpha value is -2.64. The number of nitrogens with zero attached hydrogens (tertiary/aromatic N) is 2. The predicted molar refractivity (Wildman–Crippen MR) is 74.8 cm³/mol. The lowest BCUT2D eigenvalue weighted by atomic mass is 10.2. The second-order valence-corrected chi connectivity index (χ2v) is 4.69. The molecule has 22 heavy (non-hydrogen) atoms. The molecular formula is C14H17N3O5. The molecule has 2 aromatic rings. The van der Waals surface area contributed by atoms with E-state index in [9.17, 15) is 9.59 Å². The van der Waals surface area contributed by atoms with Gasteiger partial charge in [-0.15, -0.1) is 0 Å². The van der Waals surface area contributed by atoms with E-state index < -0.39 is 5.97 Å². The van der Waals surface area contributed by atoms with Crippen molar-refractivity contribution in [2.45, 2.75) is 32.1 Å². The predicted octanol–water partition coefficient (Wildman–Crippen LogP) is 1.63. The summed E-state index contributed by atoms with van der Waals surface area (Å²) in [6.07, 6.45) is 3.40. The average molecular weight is 307 g/mol. The largest absolute Gasteiger partial charge is 0.481 e. The van der Waals surface area contributed by atoms with Crippen LogP contribution in [0.25, 0.3) is 11.6 Å². The molecule has 0 saturated carbocycles. The van der Waals surface area contributed by atoms with Gasteiger partial charge < -0.3 is 19.4 Å². The highest BCUT2D eigenvalue weighted by molar-refractivity contribution is 5.76. The van der Waals surface area contributed by atoms with Crippen molar-refractivity contribution < 1.29 is 23.6 Å². The van der Waals surface area contributed by atoms with Crippen molar-refractivity contribution >= 4 is 11.9 Å². The summed E-state index contributed by atoms with van der Waals surface area (Å²) in [5, 5.41) is 15.0. The van der Waals surface area contributed by atoms with E-state index in [1.807, 2.05) is 0 Å². The number of carbonyl (C=O) groups is 2. The van der Waals surface area contributed by atoms with Crippen molar-refractivity contribution in [2.24, 2.45) is 0 Å². The summed E-state index contributed by atoms with van der Waals surface area (Å²) in [7, 11) is 0. The van der Waals surface area contributed by atoms with Gasteiger partial charge in [0.25, 0.3) is 0 Å². The van der Waals surface area contributed by atoms with Crippen LogP contribution in [0.1, 0.15) is 31.6 Å². The Balaban J connectivity index is 1.65. The standard InChI is InChI=1S/C14H17N3O5/c18-11(15-8-2-1-5-13(19)20)6-7-12-16-14(17-22-12)10-4-3-9-21-10/h3-4,9H,1-2,5-8H2,(H,15,18)(H,19,20). The first kappa shape index (κ1) is 15.7. The van der Waals surface area contributed by atoms with E-state index in [1.54, 1.807) is 12.1 Å². The molecule has 0 aliphatic carbocycles. The molecular weight excluding hydrogens is 290 g/mol. The average Bonchev–Trinajstić information content (AvgIpc) is 3.15. The molecule has 0 aliphatic heterocycles. The van der Waals surface area contributed by atoms with Gasteiger partial charge in [-0.1, -0.05) is 5.16 Å². The van der Waals surface area contributed by atoms with Gasteiger partial charge in [-0.3, -0.25) is 9.59 Å². The zero-order valence-electron chi connectivity index (χ0n) is 11.9. The molecule has 0 bridgehead atoms. The minimum absolute atomic E-state index is 0.118. The van der Waals surface area contributed by atoms with Gasteiger partial charge in [0.2, 0.25) is 17.6 Å². The highest BCUT2D eigenvalue weighted by Crippen LogP contribution is 2.16. The number of aromatic nitrogens is 2. The molecule has 0 saturated heterocycles. The first-order chi connectivity index (χ1) is 10.6. The van der Waals surface area contributed by atoms with Gasteiger partial charge in [-0.25, -0.2) is 0 Å². The van der Waals surface area contributed by atoms with Gasteiger partial charge in [-0.05, 0) is 25.0 Å². The van der Waals surface area contributed by atoms with Gasteiger partial charge >= 0.3 is 5.97 Å². The summed E-state index contributed by atoms with van der Waals surface area (Å²) in [5.41, 5.74) is 0. The fourth-order valence-corrected chi connectivity index (χ4v) is 1.80. The fourth-order valence-electron chi connectivity index (χ4n) is 1.80. The quantitative estimate of drug-likeness (QED) is 0.676. The van der Waals surface area contributed by atoms with Crippen LogP contribution < -0.4 is 5.32 Å². The van der Waals surface area contributed by atoms with Crippen LogP contribution >= 0.6 is 0 Å². The summed E-state index contributed by atoms with van der Waals surface area (Å²) in [4.78, 5) is 26.1. The molecule has 118 valence electrons. The van der Waals surface area contributed by atoms with Crippen molar-refractivity contribution in [3.05, 3.63) is 24.3 Å². The van der Waals surface area contributed by atoms with Crippen LogP contribution in [0.5, 0.6) is 0 Å². The maximum Gasteiger partial charge on any atom is 0.303 e. The van der Waals surface area contributed by atoms with E-state index in [0.29, 0.717) is 43.3 Å². The molecule has 0 radical (unpaired) electrons. The number of furan rings is 1. The van der Waals surface area contributed by atoms with Crippen molar-refractivity contribution in [3.8, 4) is 11.6 Å². The Labute approximate surface area is 126 Å². The topological polar surface area (TPSA) is 118 Å². The Morgan fingerprint density at radius 3 is 2.86 bits per heavy atom. The first-order valence-electron chi connectivity index (χ1n) is 7.00. The van der Waals surface area contributed by atoms with Gasteiger partial charge in [0.1, 0.15) is 0 Å². The van der Waals surface area contributed by atoms with E-state index in [1.165, 1.54) is 6.26 Å². The van der Waals surface area contributed by atoms with E-state index in [2.05, 4.69) is 15.5 Å². The zero-order valence-corrected chi connectivity index (χ0v) is 11.9. The van der Waals surface area contributed by atoms with E-state index in [0.717, 1.165) is 0 Å². The lowest BCUT2D eigenvalue weighted by Crippen LogP contribution is -2.24. The summed E-state index contributed by atoms with van der Waals surface area (Å²) in [6.45, 7) is 0.466. The highest BCUT2D eigenvalue weighted by Gasteiger charge is 2.12. The minimum Gasteiger partial charge on any atom is -0.481 e. The lowest BCUT2D eigenvalue weighted by molar-refractivity contribution is -0.137. The zero-order chi connectivity index (χ0) is 15.8. The van der Waals surface area contributed by atoms with Gasteiger partial charge in [0.05, 0.1) is 6.26 Å². The van der Waals surface area contributed by atoms with Crippen LogP contribution in [0.2, 0.25) is 0 Å². The second kappa shape index (κ2) is 7.96. The number of carboxylic acid groups (broad SMARTS) is 1. The van der Waals surface area contributed by atoms with Crippen LogP contribution in [0.3, 0.4) is 0 Å². The number of unbranched alkanes of at least 4 members (excludes halogenated alkanes) is 1. The molecule has 0 fully saturated rings. The number of hydrogen-bond donors (Lipinski definition) is 2. The number of carboxylic acids is 1. The molecule has 0 atom stereocenters. The molecule has 2 rings (SSSR count). The number of aryl methyl sites for hydroxylation is 1. The van der Waals surface area contributed by atoms with Crippen LogP contribution in [0.4, 0.5) is 0 Å². The van der Waals surface area contributed by atoms with Crippen molar-refractivity contribution in [2.75, 3.05) is 6.54 Å². The van der Waals surface area contributed by atoms with E-state index in [4.69, 9.17) is 14.0 Å². The molecule has 0 aliphatic rings. The molecule has 2 aromatic heterocycles. The van der Waals surface area contributed by atoms with Gasteiger partial charge in [-0.2, -0.15) is 4.98 Å². The van der Waals surface area contributed by atoms with E-state index >= 15 is 0 Å². The third kappa shape index (κ3) is 5.04. The Morgan fingerprint density at radius 2 is 2.14 bits per heavy atom. The normalized spacial score (nSPS) is 10.5. The number of aliphatic carboxylic acids is 1. The smallest absolute Gasteiger partial charge is 0.303 e. The van der Waals surface area contributed by atoms with E-state index in [-0.39, 0.29) is 18.7 Å². The number of amides is 1. The number of rotatable bonds is 9. The summed E-state index contributed by atoms with van der Waals surface area (Å²) >= 11 is 0. The second-order valence-electron chi connectivity index (χ2n) is 4.69. The summed E-state index contributed by atoms with van der Waals surface area (Å²) < 4.78 is 10.2. The van der Waals surface area contributed by atoms with Crippen molar-refractivity contribution in [1.82, 2.24) is 15.5 Å². The molecule has 2 heterocycles. The van der Waals surface area contributed by atoms with Crippen LogP contribution in [0.15, 0.2) is 27.3 Å². The molecule has 2 N–H and O–H groups in total. The fraction of sp³-hybridized carbons (Fsp3) is 0.429. The molecule has 8 heteroatoms. The highest BCUT2D eigenvalue weighted by atomic mass is 16.5. The first-order valence-corrected chi connectivity index (χ1v) is 7.00. The summed E-state index contributed by atoms with van der Waals surface area (Å²) in [6, 6.07) is 3.45. The Kier molecular flexibility index (Phi) is 5.70. The van der Waals surface area contributed by atoms with Gasteiger partial charge in [0.15, 0.2) is 5.76 Å². The number of nitrogens with one attached hydrogen (secondary N) is 1. The molecule has 0 spiro atoms. The lowest BCUT2D eigenvalue weighted by Gasteiger charge is -2.02.